The molecule has 0 aromatic heterocycles. The van der Waals surface area contributed by atoms with Gasteiger partial charge in [0.1, 0.15) is 0 Å². The van der Waals surface area contributed by atoms with E-state index >= 15 is 0 Å². The van der Waals surface area contributed by atoms with Crippen molar-refractivity contribution in [1.82, 2.24) is 0 Å². The standard InChI is InChI=1S/C12H15N/c1-9-6-7-11(10(2)8-9)12(3,4)13-5/h6-8H,1-4H3. The van der Waals surface area contributed by atoms with E-state index in [1.165, 1.54) is 11.1 Å². The summed E-state index contributed by atoms with van der Waals surface area (Å²) in [5, 5.41) is 0. The molecule has 0 fully saturated rings. The van der Waals surface area contributed by atoms with Crippen LogP contribution in [-0.4, -0.2) is 0 Å². The Balaban J connectivity index is 3.26. The van der Waals surface area contributed by atoms with Crippen LogP contribution in [0.25, 0.3) is 4.85 Å². The fourth-order valence-electron chi connectivity index (χ4n) is 1.56. The molecule has 1 aromatic carbocycles. The van der Waals surface area contributed by atoms with Crippen LogP contribution in [0.1, 0.15) is 30.5 Å². The number of benzene rings is 1. The van der Waals surface area contributed by atoms with Crippen LogP contribution in [-0.2, 0) is 5.54 Å². The molecule has 1 aromatic rings. The number of hydrogen-bond donors (Lipinski definition) is 0. The summed E-state index contributed by atoms with van der Waals surface area (Å²) in [6.07, 6.45) is 0. The van der Waals surface area contributed by atoms with Crippen molar-refractivity contribution in [1.29, 1.82) is 0 Å². The Kier molecular flexibility index (Phi) is 2.43. The van der Waals surface area contributed by atoms with Crippen LogP contribution in [0.4, 0.5) is 0 Å². The highest BCUT2D eigenvalue weighted by molar-refractivity contribution is 5.36. The SMILES string of the molecule is [C-]#[N+]C(C)(C)c1ccc(C)cc1C. The largest absolute Gasteiger partial charge is 0.306 e. The molecule has 1 rings (SSSR count). The summed E-state index contributed by atoms with van der Waals surface area (Å²) < 4.78 is 0. The molecule has 68 valence electrons. The van der Waals surface area contributed by atoms with Gasteiger partial charge in [0.2, 0.25) is 0 Å². The van der Waals surface area contributed by atoms with Gasteiger partial charge in [-0.25, -0.2) is 6.57 Å². The Morgan fingerprint density at radius 1 is 1.23 bits per heavy atom. The Hall–Kier alpha value is -1.29. The minimum absolute atomic E-state index is 0.391. The van der Waals surface area contributed by atoms with E-state index in [0.717, 1.165) is 5.56 Å². The summed E-state index contributed by atoms with van der Waals surface area (Å²) in [6, 6.07) is 6.25. The normalized spacial score (nSPS) is 11.0. The number of rotatable bonds is 1. The van der Waals surface area contributed by atoms with Gasteiger partial charge in [0.15, 0.2) is 0 Å². The molecule has 0 amide bonds. The van der Waals surface area contributed by atoms with Gasteiger partial charge in [-0.1, -0.05) is 23.8 Å². The Morgan fingerprint density at radius 3 is 2.31 bits per heavy atom. The van der Waals surface area contributed by atoms with Crippen molar-refractivity contribution < 1.29 is 0 Å². The molecule has 0 bridgehead atoms. The van der Waals surface area contributed by atoms with Crippen molar-refractivity contribution in [3.05, 3.63) is 46.3 Å². The third kappa shape index (κ3) is 1.89. The van der Waals surface area contributed by atoms with Gasteiger partial charge >= 0.3 is 0 Å². The first-order valence-corrected chi connectivity index (χ1v) is 4.44. The predicted octanol–water partition coefficient (Wildman–Crippen LogP) is 3.46. The molecule has 0 aliphatic heterocycles. The molecule has 13 heavy (non-hydrogen) atoms. The van der Waals surface area contributed by atoms with Crippen LogP contribution in [0.5, 0.6) is 0 Å². The van der Waals surface area contributed by atoms with Crippen LogP contribution >= 0.6 is 0 Å². The van der Waals surface area contributed by atoms with E-state index in [1.54, 1.807) is 0 Å². The third-order valence-electron chi connectivity index (χ3n) is 2.32. The van der Waals surface area contributed by atoms with E-state index in [0.29, 0.717) is 0 Å². The van der Waals surface area contributed by atoms with Crippen molar-refractivity contribution in [2.45, 2.75) is 33.2 Å². The molecule has 0 unspecified atom stereocenters. The van der Waals surface area contributed by atoms with Gasteiger partial charge in [0, 0.05) is 19.4 Å². The van der Waals surface area contributed by atoms with Gasteiger partial charge in [-0.15, -0.1) is 0 Å². The second-order valence-electron chi connectivity index (χ2n) is 3.99. The minimum Gasteiger partial charge on any atom is -0.306 e. The van der Waals surface area contributed by atoms with Gasteiger partial charge < -0.3 is 4.85 Å². The van der Waals surface area contributed by atoms with E-state index in [1.807, 2.05) is 13.8 Å². The zero-order chi connectivity index (χ0) is 10.1. The van der Waals surface area contributed by atoms with Gasteiger partial charge in [-0.2, -0.15) is 0 Å². The predicted molar refractivity (Wildman–Crippen MR) is 55.5 cm³/mol. The van der Waals surface area contributed by atoms with Crippen LogP contribution in [0, 0.1) is 20.4 Å². The highest BCUT2D eigenvalue weighted by atomic mass is 14.8. The fraction of sp³-hybridized carbons (Fsp3) is 0.417. The second-order valence-corrected chi connectivity index (χ2v) is 3.99. The molecule has 0 radical (unpaired) electrons. The highest BCUT2D eigenvalue weighted by Gasteiger charge is 2.27. The monoisotopic (exact) mass is 173 g/mol. The van der Waals surface area contributed by atoms with Crippen molar-refractivity contribution in [2.24, 2.45) is 0 Å². The van der Waals surface area contributed by atoms with E-state index in [-0.39, 0.29) is 0 Å². The van der Waals surface area contributed by atoms with E-state index < -0.39 is 5.54 Å². The van der Waals surface area contributed by atoms with Gasteiger partial charge in [0.25, 0.3) is 5.54 Å². The number of nitrogens with zero attached hydrogens (tertiary/aromatic N) is 1. The van der Waals surface area contributed by atoms with Crippen LogP contribution < -0.4 is 0 Å². The molecule has 0 saturated heterocycles. The first-order valence-electron chi connectivity index (χ1n) is 4.44. The van der Waals surface area contributed by atoms with Crippen molar-refractivity contribution in [3.8, 4) is 0 Å². The summed E-state index contributed by atoms with van der Waals surface area (Å²) in [4.78, 5) is 3.63. The zero-order valence-electron chi connectivity index (χ0n) is 8.68. The van der Waals surface area contributed by atoms with Crippen LogP contribution in [0.3, 0.4) is 0 Å². The molecule has 0 saturated carbocycles. The van der Waals surface area contributed by atoms with Gasteiger partial charge in [-0.3, -0.25) is 0 Å². The van der Waals surface area contributed by atoms with Crippen LogP contribution in [0.15, 0.2) is 18.2 Å². The van der Waals surface area contributed by atoms with Crippen LogP contribution in [0.2, 0.25) is 0 Å². The zero-order valence-corrected chi connectivity index (χ0v) is 8.68. The maximum absolute atomic E-state index is 7.12. The summed E-state index contributed by atoms with van der Waals surface area (Å²) in [5.74, 6) is 0. The lowest BCUT2D eigenvalue weighted by atomic mass is 9.90. The second kappa shape index (κ2) is 3.22. The fourth-order valence-corrected chi connectivity index (χ4v) is 1.56. The molecule has 1 heteroatoms. The average molecular weight is 173 g/mol. The molecule has 0 spiro atoms. The molecule has 0 atom stereocenters. The Bertz CT molecular complexity index is 356. The first kappa shape index (κ1) is 9.80. The minimum atomic E-state index is -0.391. The molecule has 0 aliphatic carbocycles. The maximum atomic E-state index is 7.12. The molecule has 0 heterocycles. The van der Waals surface area contributed by atoms with E-state index in [2.05, 4.69) is 36.9 Å². The topological polar surface area (TPSA) is 4.36 Å². The maximum Gasteiger partial charge on any atom is 0.252 e. The molecule has 1 nitrogen and oxygen atoms in total. The van der Waals surface area contributed by atoms with Crippen molar-refractivity contribution >= 4 is 0 Å². The van der Waals surface area contributed by atoms with Gasteiger partial charge in [0.05, 0.1) is 0 Å². The Morgan fingerprint density at radius 2 is 1.85 bits per heavy atom. The van der Waals surface area contributed by atoms with Crippen molar-refractivity contribution in [2.75, 3.05) is 0 Å². The summed E-state index contributed by atoms with van der Waals surface area (Å²) in [7, 11) is 0. The van der Waals surface area contributed by atoms with E-state index in [9.17, 15) is 0 Å². The van der Waals surface area contributed by atoms with Crippen molar-refractivity contribution in [3.63, 3.8) is 0 Å². The third-order valence-corrected chi connectivity index (χ3v) is 2.32. The molecule has 0 N–H and O–H groups in total. The lowest BCUT2D eigenvalue weighted by molar-refractivity contribution is 0.658. The molecule has 0 aliphatic rings. The smallest absolute Gasteiger partial charge is 0.252 e. The quantitative estimate of drug-likeness (QED) is 0.573. The lowest BCUT2D eigenvalue weighted by Gasteiger charge is -2.14. The van der Waals surface area contributed by atoms with Gasteiger partial charge in [-0.05, 0) is 19.4 Å². The number of aryl methyl sites for hydroxylation is 2. The highest BCUT2D eigenvalue weighted by Crippen LogP contribution is 2.27. The summed E-state index contributed by atoms with van der Waals surface area (Å²) in [5.41, 5.74) is 3.20. The Labute approximate surface area is 80.2 Å². The number of hydrogen-bond acceptors (Lipinski definition) is 0. The average Bonchev–Trinajstić information content (AvgIpc) is 2.03. The van der Waals surface area contributed by atoms with E-state index in [4.69, 9.17) is 6.57 Å². The summed E-state index contributed by atoms with van der Waals surface area (Å²) >= 11 is 0. The summed E-state index contributed by atoms with van der Waals surface area (Å²) in [6.45, 7) is 15.2. The lowest BCUT2D eigenvalue weighted by Crippen LogP contribution is -2.12. The first-order chi connectivity index (χ1) is 5.97. The molecular weight excluding hydrogens is 158 g/mol. The molecular formula is C12H15N.